The topological polar surface area (TPSA) is 15.3 Å². The summed E-state index contributed by atoms with van der Waals surface area (Å²) in [6, 6.07) is 0. The Morgan fingerprint density at radius 1 is 1.16 bits per heavy atom. The Kier molecular flexibility index (Phi) is 5.51. The summed E-state index contributed by atoms with van der Waals surface area (Å²) in [5, 5.41) is 3.39. The molecule has 0 saturated carbocycles. The van der Waals surface area contributed by atoms with Crippen LogP contribution in [0.4, 0.5) is 13.2 Å². The maximum atomic E-state index is 12.7. The van der Waals surface area contributed by atoms with E-state index in [1.54, 1.807) is 0 Å². The molecule has 2 unspecified atom stereocenters. The standard InChI is InChI=1S/C14H25F3N2/c15-14(16,17)13-6-3-9-19(11-13)8-2-5-12-4-1-7-18-10-12/h12-13,18H,1-11H2. The molecule has 2 aliphatic heterocycles. The van der Waals surface area contributed by atoms with Crippen molar-refractivity contribution in [1.82, 2.24) is 10.2 Å². The average Bonchev–Trinajstić information content (AvgIpc) is 2.39. The van der Waals surface area contributed by atoms with Crippen LogP contribution in [0.5, 0.6) is 0 Å². The highest BCUT2D eigenvalue weighted by atomic mass is 19.4. The highest BCUT2D eigenvalue weighted by molar-refractivity contribution is 4.78. The third kappa shape index (κ3) is 4.95. The Morgan fingerprint density at radius 2 is 2.00 bits per heavy atom. The lowest BCUT2D eigenvalue weighted by Gasteiger charge is -2.34. The molecule has 0 aromatic heterocycles. The summed E-state index contributed by atoms with van der Waals surface area (Å²) in [5.41, 5.74) is 0. The molecule has 0 aliphatic carbocycles. The minimum atomic E-state index is -4.01. The van der Waals surface area contributed by atoms with Crippen LogP contribution in [0.3, 0.4) is 0 Å². The second kappa shape index (κ2) is 6.93. The summed E-state index contributed by atoms with van der Waals surface area (Å²) in [6.07, 6.45) is 1.70. The van der Waals surface area contributed by atoms with Crippen molar-refractivity contribution in [2.24, 2.45) is 11.8 Å². The van der Waals surface area contributed by atoms with Gasteiger partial charge in [-0.1, -0.05) is 0 Å². The number of piperidine rings is 2. The molecule has 2 atom stereocenters. The largest absolute Gasteiger partial charge is 0.393 e. The first-order valence-corrected chi connectivity index (χ1v) is 7.55. The van der Waals surface area contributed by atoms with E-state index >= 15 is 0 Å². The molecule has 112 valence electrons. The van der Waals surface area contributed by atoms with Gasteiger partial charge in [-0.05, 0) is 70.6 Å². The highest BCUT2D eigenvalue weighted by Crippen LogP contribution is 2.33. The van der Waals surface area contributed by atoms with Crippen molar-refractivity contribution < 1.29 is 13.2 Å². The van der Waals surface area contributed by atoms with Gasteiger partial charge in [-0.15, -0.1) is 0 Å². The molecule has 2 heterocycles. The molecular weight excluding hydrogens is 253 g/mol. The maximum absolute atomic E-state index is 12.7. The minimum absolute atomic E-state index is 0.215. The van der Waals surface area contributed by atoms with Crippen LogP contribution >= 0.6 is 0 Å². The Bertz CT molecular complexity index is 262. The summed E-state index contributed by atoms with van der Waals surface area (Å²) in [7, 11) is 0. The van der Waals surface area contributed by atoms with E-state index in [2.05, 4.69) is 5.32 Å². The molecule has 1 N–H and O–H groups in total. The van der Waals surface area contributed by atoms with Crippen molar-refractivity contribution >= 4 is 0 Å². The third-order valence-corrected chi connectivity index (χ3v) is 4.45. The van der Waals surface area contributed by atoms with E-state index in [1.165, 1.54) is 12.8 Å². The molecular formula is C14H25F3N2. The van der Waals surface area contributed by atoms with E-state index in [1.807, 2.05) is 4.90 Å². The van der Waals surface area contributed by atoms with Gasteiger partial charge in [0.1, 0.15) is 0 Å². The van der Waals surface area contributed by atoms with Gasteiger partial charge in [-0.25, -0.2) is 0 Å². The molecule has 19 heavy (non-hydrogen) atoms. The molecule has 2 fully saturated rings. The van der Waals surface area contributed by atoms with Gasteiger partial charge < -0.3 is 10.2 Å². The molecule has 0 aromatic carbocycles. The van der Waals surface area contributed by atoms with Gasteiger partial charge in [0.05, 0.1) is 5.92 Å². The lowest BCUT2D eigenvalue weighted by molar-refractivity contribution is -0.186. The van der Waals surface area contributed by atoms with Crippen LogP contribution in [-0.4, -0.2) is 43.8 Å². The number of rotatable bonds is 4. The van der Waals surface area contributed by atoms with Crippen molar-refractivity contribution in [3.05, 3.63) is 0 Å². The first-order valence-electron chi connectivity index (χ1n) is 7.55. The van der Waals surface area contributed by atoms with Crippen LogP contribution in [0.15, 0.2) is 0 Å². The van der Waals surface area contributed by atoms with Gasteiger partial charge in [0.2, 0.25) is 0 Å². The van der Waals surface area contributed by atoms with Crippen LogP contribution in [0.25, 0.3) is 0 Å². The van der Waals surface area contributed by atoms with E-state index in [4.69, 9.17) is 0 Å². The number of alkyl halides is 3. The van der Waals surface area contributed by atoms with Gasteiger partial charge >= 0.3 is 6.18 Å². The molecule has 2 saturated heterocycles. The van der Waals surface area contributed by atoms with Gasteiger partial charge in [0.15, 0.2) is 0 Å². The summed E-state index contributed by atoms with van der Waals surface area (Å²) < 4.78 is 38.1. The quantitative estimate of drug-likeness (QED) is 0.850. The number of nitrogens with one attached hydrogen (secondary N) is 1. The zero-order valence-electron chi connectivity index (χ0n) is 11.5. The van der Waals surface area contributed by atoms with Gasteiger partial charge in [-0.2, -0.15) is 13.2 Å². The van der Waals surface area contributed by atoms with Crippen LogP contribution < -0.4 is 5.32 Å². The summed E-state index contributed by atoms with van der Waals surface area (Å²) >= 11 is 0. The van der Waals surface area contributed by atoms with Crippen LogP contribution in [0, 0.1) is 11.8 Å². The minimum Gasteiger partial charge on any atom is -0.316 e. The molecule has 0 bridgehead atoms. The summed E-state index contributed by atoms with van der Waals surface area (Å²) in [5.74, 6) is -0.366. The molecule has 0 spiro atoms. The zero-order valence-corrected chi connectivity index (χ0v) is 11.5. The number of halogens is 3. The van der Waals surface area contributed by atoms with E-state index in [0.717, 1.165) is 44.9 Å². The van der Waals surface area contributed by atoms with Crippen molar-refractivity contribution in [3.8, 4) is 0 Å². The molecule has 0 radical (unpaired) electrons. The van der Waals surface area contributed by atoms with Crippen LogP contribution in [0.1, 0.15) is 38.5 Å². The van der Waals surface area contributed by atoms with Crippen LogP contribution in [0.2, 0.25) is 0 Å². The molecule has 2 aliphatic rings. The van der Waals surface area contributed by atoms with Gasteiger partial charge in [-0.3, -0.25) is 0 Å². The molecule has 5 heteroatoms. The third-order valence-electron chi connectivity index (χ3n) is 4.45. The number of hydrogen-bond donors (Lipinski definition) is 1. The SMILES string of the molecule is FC(F)(F)C1CCCN(CCCC2CCCNC2)C1. The zero-order chi connectivity index (χ0) is 13.7. The Labute approximate surface area is 113 Å². The maximum Gasteiger partial charge on any atom is 0.393 e. The predicted octanol–water partition coefficient (Wildman–Crippen LogP) is 3.04. The van der Waals surface area contributed by atoms with E-state index in [0.29, 0.717) is 12.8 Å². The lowest BCUT2D eigenvalue weighted by atomic mass is 9.93. The van der Waals surface area contributed by atoms with Crippen molar-refractivity contribution in [2.75, 3.05) is 32.7 Å². The molecule has 0 amide bonds. The lowest BCUT2D eigenvalue weighted by Crippen LogP contribution is -2.42. The Balaban J connectivity index is 1.65. The first kappa shape index (κ1) is 15.1. The van der Waals surface area contributed by atoms with Crippen LogP contribution in [-0.2, 0) is 0 Å². The summed E-state index contributed by atoms with van der Waals surface area (Å²) in [4.78, 5) is 2.01. The summed E-state index contributed by atoms with van der Waals surface area (Å²) in [6.45, 7) is 4.10. The van der Waals surface area contributed by atoms with E-state index in [9.17, 15) is 13.2 Å². The van der Waals surface area contributed by atoms with Crippen molar-refractivity contribution in [3.63, 3.8) is 0 Å². The Hall–Kier alpha value is -0.290. The van der Waals surface area contributed by atoms with Crippen molar-refractivity contribution in [1.29, 1.82) is 0 Å². The predicted molar refractivity (Wildman–Crippen MR) is 70.0 cm³/mol. The Morgan fingerprint density at radius 3 is 2.68 bits per heavy atom. The smallest absolute Gasteiger partial charge is 0.316 e. The fraction of sp³-hybridized carbons (Fsp3) is 1.00. The normalized spacial score (nSPS) is 30.5. The monoisotopic (exact) mass is 278 g/mol. The second-order valence-electron chi connectivity index (χ2n) is 6.04. The van der Waals surface area contributed by atoms with Crippen molar-refractivity contribution in [2.45, 2.75) is 44.7 Å². The second-order valence-corrected chi connectivity index (χ2v) is 6.04. The van der Waals surface area contributed by atoms with E-state index < -0.39 is 12.1 Å². The fourth-order valence-electron chi connectivity index (χ4n) is 3.30. The van der Waals surface area contributed by atoms with E-state index in [-0.39, 0.29) is 6.54 Å². The number of likely N-dealkylation sites (tertiary alicyclic amines) is 1. The molecule has 2 nitrogen and oxygen atoms in total. The average molecular weight is 278 g/mol. The van der Waals surface area contributed by atoms with Gasteiger partial charge in [0.25, 0.3) is 0 Å². The fourth-order valence-corrected chi connectivity index (χ4v) is 3.30. The van der Waals surface area contributed by atoms with Gasteiger partial charge in [0, 0.05) is 6.54 Å². The highest BCUT2D eigenvalue weighted by Gasteiger charge is 2.41. The molecule has 0 aromatic rings. The number of nitrogens with zero attached hydrogens (tertiary/aromatic N) is 1. The molecule has 2 rings (SSSR count). The first-order chi connectivity index (χ1) is 9.05. The number of hydrogen-bond acceptors (Lipinski definition) is 2.